The third kappa shape index (κ3) is 7.55. The Morgan fingerprint density at radius 3 is 2.54 bits per heavy atom. The lowest BCUT2D eigenvalue weighted by molar-refractivity contribution is -0.145. The maximum Gasteiger partial charge on any atom is 0.323 e. The summed E-state index contributed by atoms with van der Waals surface area (Å²) in [6, 6.07) is -0.0926. The normalized spacial score (nSPS) is 18.3. The van der Waals surface area contributed by atoms with Gasteiger partial charge in [-0.2, -0.15) is 11.8 Å². The van der Waals surface area contributed by atoms with E-state index in [0.717, 1.165) is 25.0 Å². The van der Waals surface area contributed by atoms with Crippen molar-refractivity contribution in [3.05, 3.63) is 0 Å². The van der Waals surface area contributed by atoms with Gasteiger partial charge in [0.1, 0.15) is 6.54 Å². The molecule has 1 rings (SSSR count). The van der Waals surface area contributed by atoms with Crippen molar-refractivity contribution in [2.24, 2.45) is 5.92 Å². The molecule has 0 spiro atoms. The summed E-state index contributed by atoms with van der Waals surface area (Å²) in [5, 5.41) is 8.97. The maximum atomic E-state index is 12.3. The number of hydrogen-bond acceptors (Lipinski definition) is 4. The van der Waals surface area contributed by atoms with Gasteiger partial charge in [-0.3, -0.25) is 14.4 Å². The van der Waals surface area contributed by atoms with Crippen molar-refractivity contribution in [3.63, 3.8) is 0 Å². The van der Waals surface area contributed by atoms with Crippen molar-refractivity contribution >= 4 is 29.5 Å². The summed E-state index contributed by atoms with van der Waals surface area (Å²) < 4.78 is 0. The quantitative estimate of drug-likeness (QED) is 0.672. The molecule has 138 valence electrons. The maximum absolute atomic E-state index is 12.3. The van der Waals surface area contributed by atoms with E-state index in [9.17, 15) is 14.4 Å². The molecule has 1 heterocycles. The van der Waals surface area contributed by atoms with Crippen LogP contribution in [0.2, 0.25) is 0 Å². The zero-order chi connectivity index (χ0) is 18.1. The molecule has 7 heteroatoms. The molecule has 0 aromatic heterocycles. The van der Waals surface area contributed by atoms with Crippen LogP contribution in [-0.4, -0.2) is 69.9 Å². The van der Waals surface area contributed by atoms with E-state index >= 15 is 0 Å². The number of hydrogen-bond donors (Lipinski definition) is 1. The van der Waals surface area contributed by atoms with E-state index in [1.165, 1.54) is 11.8 Å². The average molecular weight is 359 g/mol. The van der Waals surface area contributed by atoms with Crippen molar-refractivity contribution < 1.29 is 19.5 Å². The SMILES string of the molecule is CC(=O)N(CC(=O)O)C1CCCN(C(=O)CSCCC(C)C)CC1. The monoisotopic (exact) mass is 358 g/mol. The number of aliphatic carboxylic acids is 1. The fourth-order valence-corrected chi connectivity index (χ4v) is 3.99. The molecule has 0 bridgehead atoms. The van der Waals surface area contributed by atoms with Crippen LogP contribution in [-0.2, 0) is 14.4 Å². The molecule has 2 amide bonds. The van der Waals surface area contributed by atoms with Gasteiger partial charge < -0.3 is 14.9 Å². The van der Waals surface area contributed by atoms with E-state index in [4.69, 9.17) is 5.11 Å². The second-order valence-corrected chi connectivity index (χ2v) is 7.85. The number of carboxylic acid groups (broad SMARTS) is 1. The van der Waals surface area contributed by atoms with E-state index in [2.05, 4.69) is 13.8 Å². The smallest absolute Gasteiger partial charge is 0.323 e. The van der Waals surface area contributed by atoms with Crippen LogP contribution in [0, 0.1) is 5.92 Å². The molecule has 1 fully saturated rings. The molecule has 0 aliphatic carbocycles. The topological polar surface area (TPSA) is 77.9 Å². The Kier molecular flexibility index (Phi) is 9.18. The lowest BCUT2D eigenvalue weighted by Gasteiger charge is -2.28. The Morgan fingerprint density at radius 1 is 1.25 bits per heavy atom. The fourth-order valence-electron chi connectivity index (χ4n) is 2.85. The number of likely N-dealkylation sites (tertiary alicyclic amines) is 1. The molecule has 0 saturated carbocycles. The number of carbonyl (C=O) groups is 3. The first-order valence-electron chi connectivity index (χ1n) is 8.65. The fraction of sp³-hybridized carbons (Fsp3) is 0.824. The average Bonchev–Trinajstić information content (AvgIpc) is 2.74. The van der Waals surface area contributed by atoms with Crippen molar-refractivity contribution in [2.75, 3.05) is 31.1 Å². The van der Waals surface area contributed by atoms with Gasteiger partial charge in [0.25, 0.3) is 0 Å². The highest BCUT2D eigenvalue weighted by atomic mass is 32.2. The van der Waals surface area contributed by atoms with Gasteiger partial charge in [-0.25, -0.2) is 0 Å². The highest BCUT2D eigenvalue weighted by Crippen LogP contribution is 2.18. The van der Waals surface area contributed by atoms with Crippen LogP contribution >= 0.6 is 11.8 Å². The van der Waals surface area contributed by atoms with Crippen LogP contribution < -0.4 is 0 Å². The largest absolute Gasteiger partial charge is 0.480 e. The van der Waals surface area contributed by atoms with Crippen molar-refractivity contribution in [2.45, 2.75) is 52.5 Å². The zero-order valence-corrected chi connectivity index (χ0v) is 15.8. The summed E-state index contributed by atoms with van der Waals surface area (Å²) >= 11 is 1.68. The van der Waals surface area contributed by atoms with Crippen molar-refractivity contribution in [1.82, 2.24) is 9.80 Å². The van der Waals surface area contributed by atoms with E-state index in [1.807, 2.05) is 4.90 Å². The predicted molar refractivity (Wildman–Crippen MR) is 96.0 cm³/mol. The first-order valence-corrected chi connectivity index (χ1v) is 9.81. The van der Waals surface area contributed by atoms with Gasteiger partial charge in [-0.15, -0.1) is 0 Å². The molecule has 1 N–H and O–H groups in total. The van der Waals surface area contributed by atoms with E-state index in [-0.39, 0.29) is 24.4 Å². The first kappa shape index (κ1) is 20.8. The van der Waals surface area contributed by atoms with Gasteiger partial charge in [0.2, 0.25) is 11.8 Å². The van der Waals surface area contributed by atoms with Crippen LogP contribution in [0.1, 0.15) is 46.5 Å². The van der Waals surface area contributed by atoms with Gasteiger partial charge in [0, 0.05) is 26.1 Å². The molecule has 1 aliphatic heterocycles. The molecule has 0 aromatic carbocycles. The standard InChI is InChI=1S/C17H30N2O4S/c1-13(2)7-10-24-12-16(21)18-8-4-5-15(6-9-18)19(14(3)20)11-17(22)23/h13,15H,4-12H2,1-3H3,(H,22,23). The molecule has 0 radical (unpaired) electrons. The minimum absolute atomic E-state index is 0.0926. The van der Waals surface area contributed by atoms with Crippen LogP contribution in [0.4, 0.5) is 0 Å². The van der Waals surface area contributed by atoms with Gasteiger partial charge in [0.05, 0.1) is 5.75 Å². The summed E-state index contributed by atoms with van der Waals surface area (Å²) in [5.41, 5.74) is 0. The summed E-state index contributed by atoms with van der Waals surface area (Å²) in [5.74, 6) is 1.09. The molecule has 1 unspecified atom stereocenters. The van der Waals surface area contributed by atoms with Gasteiger partial charge in [-0.05, 0) is 37.4 Å². The Balaban J connectivity index is 2.47. The number of rotatable bonds is 8. The predicted octanol–water partition coefficient (Wildman–Crippen LogP) is 2.08. The number of carboxylic acids is 1. The number of amides is 2. The third-order valence-electron chi connectivity index (χ3n) is 4.27. The first-order chi connectivity index (χ1) is 11.3. The van der Waals surface area contributed by atoms with Crippen LogP contribution in [0.15, 0.2) is 0 Å². The molecular weight excluding hydrogens is 328 g/mol. The van der Waals surface area contributed by atoms with E-state index in [0.29, 0.717) is 31.2 Å². The Morgan fingerprint density at radius 2 is 1.96 bits per heavy atom. The Bertz CT molecular complexity index is 442. The molecular formula is C17H30N2O4S. The lowest BCUT2D eigenvalue weighted by Crippen LogP contribution is -2.43. The molecule has 24 heavy (non-hydrogen) atoms. The summed E-state index contributed by atoms with van der Waals surface area (Å²) in [4.78, 5) is 38.3. The molecule has 1 aliphatic rings. The minimum Gasteiger partial charge on any atom is -0.480 e. The summed E-state index contributed by atoms with van der Waals surface area (Å²) in [7, 11) is 0. The van der Waals surface area contributed by atoms with Crippen LogP contribution in [0.5, 0.6) is 0 Å². The van der Waals surface area contributed by atoms with Crippen molar-refractivity contribution in [1.29, 1.82) is 0 Å². The van der Waals surface area contributed by atoms with Crippen LogP contribution in [0.25, 0.3) is 0 Å². The molecule has 0 aromatic rings. The van der Waals surface area contributed by atoms with Gasteiger partial charge in [-0.1, -0.05) is 13.8 Å². The van der Waals surface area contributed by atoms with E-state index in [1.54, 1.807) is 11.8 Å². The van der Waals surface area contributed by atoms with Gasteiger partial charge in [0.15, 0.2) is 0 Å². The second kappa shape index (κ2) is 10.6. The number of nitrogens with zero attached hydrogens (tertiary/aromatic N) is 2. The van der Waals surface area contributed by atoms with E-state index < -0.39 is 5.97 Å². The highest BCUT2D eigenvalue weighted by molar-refractivity contribution is 7.99. The highest BCUT2D eigenvalue weighted by Gasteiger charge is 2.27. The minimum atomic E-state index is -0.996. The number of thioether (sulfide) groups is 1. The lowest BCUT2D eigenvalue weighted by atomic mass is 10.1. The Hall–Kier alpha value is -1.24. The van der Waals surface area contributed by atoms with Crippen LogP contribution in [0.3, 0.4) is 0 Å². The van der Waals surface area contributed by atoms with Gasteiger partial charge >= 0.3 is 5.97 Å². The molecule has 1 atom stereocenters. The zero-order valence-electron chi connectivity index (χ0n) is 15.0. The summed E-state index contributed by atoms with van der Waals surface area (Å²) in [6.45, 7) is 6.78. The Labute approximate surface area is 148 Å². The van der Waals surface area contributed by atoms with Crippen molar-refractivity contribution in [3.8, 4) is 0 Å². The third-order valence-corrected chi connectivity index (χ3v) is 5.24. The molecule has 6 nitrogen and oxygen atoms in total. The second-order valence-electron chi connectivity index (χ2n) is 6.74. The molecule has 1 saturated heterocycles. The number of carbonyl (C=O) groups excluding carboxylic acids is 2. The summed E-state index contributed by atoms with van der Waals surface area (Å²) in [6.07, 6.45) is 3.31.